The summed E-state index contributed by atoms with van der Waals surface area (Å²) >= 11 is 0.902. The lowest BCUT2D eigenvalue weighted by Gasteiger charge is -2.18. The van der Waals surface area contributed by atoms with E-state index in [9.17, 15) is 4.55 Å². The van der Waals surface area contributed by atoms with Crippen molar-refractivity contribution < 1.29 is 4.55 Å². The molecule has 0 aromatic rings. The first-order valence-electron chi connectivity index (χ1n) is 5.20. The van der Waals surface area contributed by atoms with Gasteiger partial charge >= 0.3 is 0 Å². The van der Waals surface area contributed by atoms with E-state index >= 15 is 0 Å². The molecule has 0 radical (unpaired) electrons. The summed E-state index contributed by atoms with van der Waals surface area (Å²) in [5.41, 5.74) is 2.60. The Kier molecular flexibility index (Phi) is 5.05. The smallest absolute Gasteiger partial charge is 0.0411 e. The standard InChI is InChI=1S/C12H18OS/c1-3-6-10-8-5-9-11(7-4-2)12(10)14-13/h3,6-7,13H,4-5,8-9H2,1-2H3/b6-3+,11-7+. The number of hydrogen-bond acceptors (Lipinski definition) is 2. The van der Waals surface area contributed by atoms with Crippen LogP contribution in [0.4, 0.5) is 0 Å². The minimum Gasteiger partial charge on any atom is -0.325 e. The maximum Gasteiger partial charge on any atom is 0.0411 e. The first-order valence-corrected chi connectivity index (χ1v) is 5.97. The lowest BCUT2D eigenvalue weighted by Crippen LogP contribution is -1.99. The van der Waals surface area contributed by atoms with E-state index < -0.39 is 0 Å². The average molecular weight is 210 g/mol. The molecule has 0 heterocycles. The second-order valence-electron chi connectivity index (χ2n) is 3.44. The minimum absolute atomic E-state index is 0.902. The van der Waals surface area contributed by atoms with Crippen LogP contribution in [0.2, 0.25) is 0 Å². The zero-order chi connectivity index (χ0) is 10.4. The molecule has 0 amide bonds. The average Bonchev–Trinajstić information content (AvgIpc) is 2.19. The molecule has 1 rings (SSSR count). The van der Waals surface area contributed by atoms with E-state index in [2.05, 4.69) is 19.1 Å². The van der Waals surface area contributed by atoms with E-state index in [-0.39, 0.29) is 0 Å². The first kappa shape index (κ1) is 11.6. The van der Waals surface area contributed by atoms with Crippen molar-refractivity contribution in [2.24, 2.45) is 0 Å². The van der Waals surface area contributed by atoms with Gasteiger partial charge in [0.2, 0.25) is 0 Å². The Bertz CT molecular complexity index is 274. The summed E-state index contributed by atoms with van der Waals surface area (Å²) in [6.07, 6.45) is 10.8. The molecule has 0 aromatic heterocycles. The molecule has 1 nitrogen and oxygen atoms in total. The van der Waals surface area contributed by atoms with Crippen molar-refractivity contribution in [3.63, 3.8) is 0 Å². The molecule has 0 aliphatic heterocycles. The third-order valence-corrected chi connectivity index (χ3v) is 3.09. The van der Waals surface area contributed by atoms with Gasteiger partial charge in [-0.15, -0.1) is 0 Å². The van der Waals surface area contributed by atoms with Gasteiger partial charge in [0.05, 0.1) is 0 Å². The molecule has 1 N–H and O–H groups in total. The van der Waals surface area contributed by atoms with Crippen molar-refractivity contribution in [1.29, 1.82) is 0 Å². The Balaban J connectivity index is 3.00. The van der Waals surface area contributed by atoms with Gasteiger partial charge in [0.15, 0.2) is 0 Å². The summed E-state index contributed by atoms with van der Waals surface area (Å²) in [4.78, 5) is 1.08. The Morgan fingerprint density at radius 1 is 1.43 bits per heavy atom. The zero-order valence-electron chi connectivity index (χ0n) is 8.92. The molecule has 1 aliphatic rings. The van der Waals surface area contributed by atoms with Crippen molar-refractivity contribution in [3.8, 4) is 0 Å². The normalized spacial score (nSPS) is 21.2. The van der Waals surface area contributed by atoms with E-state index in [1.165, 1.54) is 17.6 Å². The molecule has 14 heavy (non-hydrogen) atoms. The summed E-state index contributed by atoms with van der Waals surface area (Å²) in [5, 5.41) is 0. The van der Waals surface area contributed by atoms with Crippen molar-refractivity contribution in [2.75, 3.05) is 0 Å². The number of allylic oxidation sites excluding steroid dienone is 5. The molecule has 0 spiro atoms. The van der Waals surface area contributed by atoms with Crippen LogP contribution in [0.15, 0.2) is 34.3 Å². The lowest BCUT2D eigenvalue weighted by molar-refractivity contribution is 0.666. The van der Waals surface area contributed by atoms with Gasteiger partial charge < -0.3 is 4.55 Å². The Morgan fingerprint density at radius 3 is 2.79 bits per heavy atom. The summed E-state index contributed by atoms with van der Waals surface area (Å²) < 4.78 is 9.27. The largest absolute Gasteiger partial charge is 0.325 e. The fraction of sp³-hybridized carbons (Fsp3) is 0.500. The van der Waals surface area contributed by atoms with E-state index in [0.717, 1.165) is 36.2 Å². The highest BCUT2D eigenvalue weighted by Crippen LogP contribution is 2.36. The van der Waals surface area contributed by atoms with Crippen LogP contribution in [0.5, 0.6) is 0 Å². The molecule has 0 aromatic carbocycles. The number of hydrogen-bond donors (Lipinski definition) is 1. The van der Waals surface area contributed by atoms with Gasteiger partial charge in [-0.3, -0.25) is 0 Å². The van der Waals surface area contributed by atoms with Crippen LogP contribution in [-0.4, -0.2) is 4.55 Å². The SMILES string of the molecule is C/C=C/C1=C(SO)C(=C/CC)/CCC1. The quantitative estimate of drug-likeness (QED) is 0.690. The molecule has 0 saturated heterocycles. The third kappa shape index (κ3) is 2.76. The summed E-state index contributed by atoms with van der Waals surface area (Å²) in [7, 11) is 0. The van der Waals surface area contributed by atoms with Gasteiger partial charge in [-0.25, -0.2) is 0 Å². The van der Waals surface area contributed by atoms with E-state index in [0.29, 0.717) is 0 Å². The summed E-state index contributed by atoms with van der Waals surface area (Å²) in [6, 6.07) is 0. The van der Waals surface area contributed by atoms with E-state index in [1.54, 1.807) is 0 Å². The van der Waals surface area contributed by atoms with Crippen LogP contribution in [0.25, 0.3) is 0 Å². The van der Waals surface area contributed by atoms with Crippen molar-refractivity contribution in [2.45, 2.75) is 39.5 Å². The molecule has 0 bridgehead atoms. The molecule has 78 valence electrons. The summed E-state index contributed by atoms with van der Waals surface area (Å²) in [6.45, 7) is 4.15. The molecule has 1 aliphatic carbocycles. The number of rotatable bonds is 3. The molecule has 2 heteroatoms. The molecule has 0 unspecified atom stereocenters. The molecular formula is C12H18OS. The van der Waals surface area contributed by atoms with Crippen molar-refractivity contribution >= 4 is 12.0 Å². The maximum atomic E-state index is 9.27. The highest BCUT2D eigenvalue weighted by Gasteiger charge is 2.15. The van der Waals surface area contributed by atoms with Crippen LogP contribution >= 0.6 is 12.0 Å². The Morgan fingerprint density at radius 2 is 2.21 bits per heavy atom. The van der Waals surface area contributed by atoms with Crippen LogP contribution in [0.3, 0.4) is 0 Å². The zero-order valence-corrected chi connectivity index (χ0v) is 9.73. The van der Waals surface area contributed by atoms with Gasteiger partial charge in [-0.05, 0) is 43.8 Å². The second kappa shape index (κ2) is 6.10. The van der Waals surface area contributed by atoms with Gasteiger partial charge in [0, 0.05) is 16.9 Å². The fourth-order valence-corrected chi connectivity index (χ4v) is 2.41. The van der Waals surface area contributed by atoms with E-state index in [1.807, 2.05) is 13.0 Å². The van der Waals surface area contributed by atoms with Gasteiger partial charge in [-0.2, -0.15) is 0 Å². The van der Waals surface area contributed by atoms with Crippen molar-refractivity contribution in [3.05, 3.63) is 34.3 Å². The van der Waals surface area contributed by atoms with Crippen LogP contribution in [0, 0.1) is 0 Å². The van der Waals surface area contributed by atoms with Gasteiger partial charge in [-0.1, -0.05) is 25.2 Å². The lowest BCUT2D eigenvalue weighted by atomic mass is 9.94. The second-order valence-corrected chi connectivity index (χ2v) is 4.03. The highest BCUT2D eigenvalue weighted by molar-refractivity contribution is 7.98. The van der Waals surface area contributed by atoms with Crippen LogP contribution in [-0.2, 0) is 0 Å². The molecule has 0 atom stereocenters. The Labute approximate surface area is 90.8 Å². The summed E-state index contributed by atoms with van der Waals surface area (Å²) in [5.74, 6) is 0. The first-order chi connectivity index (χ1) is 6.83. The molecule has 0 fully saturated rings. The molecule has 0 saturated carbocycles. The maximum absolute atomic E-state index is 9.27. The van der Waals surface area contributed by atoms with E-state index in [4.69, 9.17) is 0 Å². The predicted octanol–water partition coefficient (Wildman–Crippen LogP) is 4.54. The van der Waals surface area contributed by atoms with Crippen LogP contribution in [0.1, 0.15) is 39.5 Å². The molecular weight excluding hydrogens is 192 g/mol. The van der Waals surface area contributed by atoms with Gasteiger partial charge in [0.1, 0.15) is 0 Å². The predicted molar refractivity (Wildman–Crippen MR) is 64.3 cm³/mol. The Hall–Kier alpha value is -0.470. The fourth-order valence-electron chi connectivity index (χ4n) is 1.82. The monoisotopic (exact) mass is 210 g/mol. The topological polar surface area (TPSA) is 20.2 Å². The van der Waals surface area contributed by atoms with Gasteiger partial charge in [0.25, 0.3) is 0 Å². The third-order valence-electron chi connectivity index (χ3n) is 2.39. The van der Waals surface area contributed by atoms with Crippen molar-refractivity contribution in [1.82, 2.24) is 0 Å². The minimum atomic E-state index is 0.902. The van der Waals surface area contributed by atoms with Crippen LogP contribution < -0.4 is 0 Å². The highest BCUT2D eigenvalue weighted by atomic mass is 32.2.